The molecule has 4 heteroatoms. The molecule has 1 atom stereocenters. The molecule has 0 radical (unpaired) electrons. The van der Waals surface area contributed by atoms with Gasteiger partial charge in [-0.25, -0.2) is 4.98 Å². The number of aromatic nitrogens is 3. The smallest absolute Gasteiger partial charge is 0.158 e. The molecule has 1 unspecified atom stereocenters. The van der Waals surface area contributed by atoms with Crippen LogP contribution in [0.5, 0.6) is 0 Å². The van der Waals surface area contributed by atoms with E-state index in [4.69, 9.17) is 0 Å². The summed E-state index contributed by atoms with van der Waals surface area (Å²) in [4.78, 5) is 6.17. The lowest BCUT2D eigenvalue weighted by Gasteiger charge is -2.19. The minimum Gasteiger partial charge on any atom is -0.263 e. The van der Waals surface area contributed by atoms with Crippen molar-refractivity contribution in [3.05, 3.63) is 33.5 Å². The van der Waals surface area contributed by atoms with Crippen molar-refractivity contribution in [2.24, 2.45) is 0 Å². The third kappa shape index (κ3) is 2.02. The van der Waals surface area contributed by atoms with E-state index in [-0.39, 0.29) is 0 Å². The molecule has 1 aliphatic rings. The predicted octanol–water partition coefficient (Wildman–Crippen LogP) is 3.29. The number of H-pyrrole nitrogens is 1. The van der Waals surface area contributed by atoms with Gasteiger partial charge < -0.3 is 0 Å². The molecule has 0 saturated heterocycles. The minimum absolute atomic E-state index is 0.423. The van der Waals surface area contributed by atoms with E-state index in [1.54, 1.807) is 0 Å². The molecule has 2 aromatic heterocycles. The van der Waals surface area contributed by atoms with E-state index in [1.165, 1.54) is 29.7 Å². The second-order valence-electron chi connectivity index (χ2n) is 4.63. The van der Waals surface area contributed by atoms with Crippen LogP contribution in [0.1, 0.15) is 54.2 Å². The first-order chi connectivity index (χ1) is 8.38. The first-order valence-electron chi connectivity index (χ1n) is 6.36. The number of nitrogens with zero attached hydrogens (tertiary/aromatic N) is 2. The van der Waals surface area contributed by atoms with Crippen LogP contribution >= 0.6 is 11.3 Å². The highest BCUT2D eigenvalue weighted by Crippen LogP contribution is 2.37. The summed E-state index contributed by atoms with van der Waals surface area (Å²) in [6.07, 6.45) is 5.79. The molecule has 2 heterocycles. The summed E-state index contributed by atoms with van der Waals surface area (Å²) in [7, 11) is 0. The minimum atomic E-state index is 0.423. The van der Waals surface area contributed by atoms with Gasteiger partial charge >= 0.3 is 0 Å². The van der Waals surface area contributed by atoms with Crippen LogP contribution < -0.4 is 0 Å². The van der Waals surface area contributed by atoms with E-state index < -0.39 is 0 Å². The van der Waals surface area contributed by atoms with Gasteiger partial charge in [0.2, 0.25) is 0 Å². The van der Waals surface area contributed by atoms with Crippen LogP contribution in [0.4, 0.5) is 0 Å². The van der Waals surface area contributed by atoms with Crippen molar-refractivity contribution in [3.8, 4) is 0 Å². The van der Waals surface area contributed by atoms with Gasteiger partial charge in [0.1, 0.15) is 5.82 Å². The zero-order valence-electron chi connectivity index (χ0n) is 10.1. The SMILES string of the molecule is CCCc1nc(C2CCCc3sccc32)n[nH]1. The summed E-state index contributed by atoms with van der Waals surface area (Å²) < 4.78 is 0. The van der Waals surface area contributed by atoms with Gasteiger partial charge in [0.15, 0.2) is 5.82 Å². The molecule has 90 valence electrons. The summed E-state index contributed by atoms with van der Waals surface area (Å²) in [5.41, 5.74) is 1.46. The Morgan fingerprint density at radius 2 is 2.47 bits per heavy atom. The van der Waals surface area contributed by atoms with Gasteiger partial charge in [0, 0.05) is 17.2 Å². The summed E-state index contributed by atoms with van der Waals surface area (Å²) in [6.45, 7) is 2.17. The molecule has 0 saturated carbocycles. The molecule has 3 rings (SSSR count). The fourth-order valence-electron chi connectivity index (χ4n) is 2.57. The number of nitrogens with one attached hydrogen (secondary N) is 1. The van der Waals surface area contributed by atoms with Crippen LogP contribution in [0.2, 0.25) is 0 Å². The summed E-state index contributed by atoms with van der Waals surface area (Å²) >= 11 is 1.88. The Hall–Kier alpha value is -1.16. The van der Waals surface area contributed by atoms with Crippen LogP contribution in [-0.4, -0.2) is 15.2 Å². The third-order valence-electron chi connectivity index (χ3n) is 3.40. The molecule has 0 spiro atoms. The molecule has 0 amide bonds. The predicted molar refractivity (Wildman–Crippen MR) is 69.5 cm³/mol. The fourth-order valence-corrected chi connectivity index (χ4v) is 3.56. The van der Waals surface area contributed by atoms with Gasteiger partial charge in [-0.3, -0.25) is 5.10 Å². The second-order valence-corrected chi connectivity index (χ2v) is 5.63. The number of fused-ring (bicyclic) bond motifs is 1. The monoisotopic (exact) mass is 247 g/mol. The molecular formula is C13H17N3S. The van der Waals surface area contributed by atoms with Crippen molar-refractivity contribution in [2.45, 2.75) is 44.9 Å². The molecule has 0 aliphatic heterocycles. The molecule has 0 bridgehead atoms. The Kier molecular flexibility index (Phi) is 2.97. The maximum Gasteiger partial charge on any atom is 0.158 e. The van der Waals surface area contributed by atoms with E-state index in [9.17, 15) is 0 Å². The molecule has 0 fully saturated rings. The number of rotatable bonds is 3. The van der Waals surface area contributed by atoms with E-state index in [0.29, 0.717) is 5.92 Å². The summed E-state index contributed by atoms with van der Waals surface area (Å²) in [5, 5.41) is 9.67. The molecule has 1 N–H and O–H groups in total. The molecule has 3 nitrogen and oxygen atoms in total. The van der Waals surface area contributed by atoms with Crippen molar-refractivity contribution in [2.75, 3.05) is 0 Å². The van der Waals surface area contributed by atoms with Crippen LogP contribution in [0.25, 0.3) is 0 Å². The first kappa shape index (κ1) is 11.0. The zero-order chi connectivity index (χ0) is 11.7. The van der Waals surface area contributed by atoms with Crippen molar-refractivity contribution in [3.63, 3.8) is 0 Å². The lowest BCUT2D eigenvalue weighted by Crippen LogP contribution is -2.10. The van der Waals surface area contributed by atoms with Gasteiger partial charge in [0.05, 0.1) is 0 Å². The number of hydrogen-bond acceptors (Lipinski definition) is 3. The van der Waals surface area contributed by atoms with Crippen molar-refractivity contribution in [1.29, 1.82) is 0 Å². The largest absolute Gasteiger partial charge is 0.263 e. The molecular weight excluding hydrogens is 230 g/mol. The van der Waals surface area contributed by atoms with Crippen molar-refractivity contribution < 1.29 is 0 Å². The molecule has 0 aromatic carbocycles. The highest BCUT2D eigenvalue weighted by atomic mass is 32.1. The van der Waals surface area contributed by atoms with Gasteiger partial charge in [-0.1, -0.05) is 6.92 Å². The van der Waals surface area contributed by atoms with Crippen molar-refractivity contribution in [1.82, 2.24) is 15.2 Å². The third-order valence-corrected chi connectivity index (χ3v) is 4.40. The standard InChI is InChI=1S/C13H17N3S/c1-2-4-12-14-13(16-15-12)10-5-3-6-11-9(10)7-8-17-11/h7-8,10H,2-6H2,1H3,(H,14,15,16). The first-order valence-corrected chi connectivity index (χ1v) is 7.24. The molecule has 2 aromatic rings. The highest BCUT2D eigenvalue weighted by Gasteiger charge is 2.25. The quantitative estimate of drug-likeness (QED) is 0.904. The fraction of sp³-hybridized carbons (Fsp3) is 0.538. The number of hydrogen-bond donors (Lipinski definition) is 1. The lowest BCUT2D eigenvalue weighted by atomic mass is 9.87. The number of aromatic amines is 1. The van der Waals surface area contributed by atoms with Gasteiger partial charge in [-0.2, -0.15) is 5.10 Å². The Balaban J connectivity index is 1.90. The van der Waals surface area contributed by atoms with Crippen LogP contribution in [-0.2, 0) is 12.8 Å². The van der Waals surface area contributed by atoms with Gasteiger partial charge in [-0.15, -0.1) is 11.3 Å². The summed E-state index contributed by atoms with van der Waals surface area (Å²) in [6, 6.07) is 2.25. The lowest BCUT2D eigenvalue weighted by molar-refractivity contribution is 0.599. The highest BCUT2D eigenvalue weighted by molar-refractivity contribution is 7.10. The average molecular weight is 247 g/mol. The van der Waals surface area contributed by atoms with Crippen LogP contribution in [0.3, 0.4) is 0 Å². The topological polar surface area (TPSA) is 41.6 Å². The number of thiophene rings is 1. The second kappa shape index (κ2) is 4.61. The Morgan fingerprint density at radius 1 is 1.53 bits per heavy atom. The van der Waals surface area contributed by atoms with E-state index in [2.05, 4.69) is 33.6 Å². The average Bonchev–Trinajstić information content (AvgIpc) is 2.96. The van der Waals surface area contributed by atoms with E-state index >= 15 is 0 Å². The summed E-state index contributed by atoms with van der Waals surface area (Å²) in [5.74, 6) is 2.45. The van der Waals surface area contributed by atoms with E-state index in [1.807, 2.05) is 11.3 Å². The van der Waals surface area contributed by atoms with Gasteiger partial charge in [0.25, 0.3) is 0 Å². The number of aryl methyl sites for hydroxylation is 2. The molecule has 17 heavy (non-hydrogen) atoms. The van der Waals surface area contributed by atoms with Crippen LogP contribution in [0, 0.1) is 0 Å². The normalized spacial score (nSPS) is 19.2. The Morgan fingerprint density at radius 3 is 3.35 bits per heavy atom. The van der Waals surface area contributed by atoms with Gasteiger partial charge in [-0.05, 0) is 42.7 Å². The Bertz CT molecular complexity index is 500. The Labute approximate surface area is 105 Å². The zero-order valence-corrected chi connectivity index (χ0v) is 10.9. The van der Waals surface area contributed by atoms with E-state index in [0.717, 1.165) is 24.5 Å². The maximum absolute atomic E-state index is 4.64. The van der Waals surface area contributed by atoms with Crippen molar-refractivity contribution >= 4 is 11.3 Å². The maximum atomic E-state index is 4.64. The molecule has 1 aliphatic carbocycles. The van der Waals surface area contributed by atoms with Crippen LogP contribution in [0.15, 0.2) is 11.4 Å².